The van der Waals surface area contributed by atoms with Gasteiger partial charge in [-0.15, -0.1) is 24.8 Å². The first-order valence-corrected chi connectivity index (χ1v) is 8.10. The van der Waals surface area contributed by atoms with Gasteiger partial charge in [0.05, 0.1) is 5.52 Å². The molecule has 2 aromatic rings. The van der Waals surface area contributed by atoms with Crippen molar-refractivity contribution in [3.8, 4) is 0 Å². The summed E-state index contributed by atoms with van der Waals surface area (Å²) >= 11 is 0. The van der Waals surface area contributed by atoms with Gasteiger partial charge in [-0.05, 0) is 12.1 Å². The van der Waals surface area contributed by atoms with Crippen LogP contribution >= 0.6 is 24.8 Å². The van der Waals surface area contributed by atoms with E-state index in [0.29, 0.717) is 31.7 Å². The summed E-state index contributed by atoms with van der Waals surface area (Å²) < 4.78 is 40.0. The van der Waals surface area contributed by atoms with E-state index in [0.717, 1.165) is 5.39 Å². The van der Waals surface area contributed by atoms with E-state index in [1.165, 1.54) is 11.0 Å². The van der Waals surface area contributed by atoms with Gasteiger partial charge in [0.1, 0.15) is 11.7 Å². The van der Waals surface area contributed by atoms with Crippen molar-refractivity contribution in [1.82, 2.24) is 20.5 Å². The number of rotatable bonds is 4. The van der Waals surface area contributed by atoms with E-state index in [1.807, 2.05) is 12.1 Å². The van der Waals surface area contributed by atoms with Crippen molar-refractivity contribution in [2.24, 2.45) is 0 Å². The molecule has 1 fully saturated rings. The summed E-state index contributed by atoms with van der Waals surface area (Å²) in [5.41, 5.74) is 0.740. The van der Waals surface area contributed by atoms with Crippen molar-refractivity contribution in [2.75, 3.05) is 32.7 Å². The molecule has 150 valence electrons. The Balaban J connectivity index is 0.00000182. The number of piperazine rings is 1. The summed E-state index contributed by atoms with van der Waals surface area (Å²) in [5.74, 6) is -0.602. The zero-order chi connectivity index (χ0) is 17.9. The molecular weight excluding hydrogens is 404 g/mol. The maximum absolute atomic E-state index is 13.3. The van der Waals surface area contributed by atoms with Crippen LogP contribution in [0.5, 0.6) is 0 Å². The number of nitrogens with zero attached hydrogens (tertiary/aromatic N) is 2. The van der Waals surface area contributed by atoms with Gasteiger partial charge in [-0.1, -0.05) is 24.3 Å². The second-order valence-electron chi connectivity index (χ2n) is 5.94. The number of halogens is 5. The van der Waals surface area contributed by atoms with Gasteiger partial charge in [-0.2, -0.15) is 13.2 Å². The van der Waals surface area contributed by atoms with Crippen LogP contribution in [0.4, 0.5) is 13.2 Å². The Kier molecular flexibility index (Phi) is 8.74. The Morgan fingerprint density at radius 1 is 1.15 bits per heavy atom. The molecule has 0 aliphatic carbocycles. The molecule has 1 aromatic heterocycles. The first-order valence-electron chi connectivity index (χ1n) is 8.10. The fraction of sp³-hybridized carbons (Fsp3) is 0.412. The van der Waals surface area contributed by atoms with Crippen LogP contribution in [0.25, 0.3) is 10.9 Å². The SMILES string of the molecule is Cl.Cl.O=C(NCC(N1CCNCC1)C(F)(F)F)c1ccc2ccccc2n1. The van der Waals surface area contributed by atoms with Crippen molar-refractivity contribution >= 4 is 41.6 Å². The molecule has 2 N–H and O–H groups in total. The number of alkyl halides is 3. The van der Waals surface area contributed by atoms with Gasteiger partial charge in [0.2, 0.25) is 0 Å². The van der Waals surface area contributed by atoms with Crippen LogP contribution in [-0.2, 0) is 0 Å². The third-order valence-corrected chi connectivity index (χ3v) is 4.26. The van der Waals surface area contributed by atoms with E-state index in [2.05, 4.69) is 15.6 Å². The molecule has 0 bridgehead atoms. The summed E-state index contributed by atoms with van der Waals surface area (Å²) in [6.07, 6.45) is -4.40. The topological polar surface area (TPSA) is 57.3 Å². The minimum absolute atomic E-state index is 0. The van der Waals surface area contributed by atoms with Gasteiger partial charge in [0.15, 0.2) is 0 Å². The number of nitrogens with one attached hydrogen (secondary N) is 2. The average Bonchev–Trinajstić information content (AvgIpc) is 2.61. The number of pyridine rings is 1. The summed E-state index contributed by atoms with van der Waals surface area (Å²) in [7, 11) is 0. The van der Waals surface area contributed by atoms with Crippen LogP contribution in [0, 0.1) is 0 Å². The number of hydrogen-bond donors (Lipinski definition) is 2. The molecule has 1 aliphatic heterocycles. The lowest BCUT2D eigenvalue weighted by molar-refractivity contribution is -0.183. The smallest absolute Gasteiger partial charge is 0.349 e. The van der Waals surface area contributed by atoms with Crippen LogP contribution < -0.4 is 10.6 Å². The van der Waals surface area contributed by atoms with Crippen LogP contribution in [-0.4, -0.2) is 60.7 Å². The van der Waals surface area contributed by atoms with Gasteiger partial charge in [0, 0.05) is 38.1 Å². The van der Waals surface area contributed by atoms with Gasteiger partial charge in [-0.3, -0.25) is 9.69 Å². The molecule has 0 radical (unpaired) electrons. The van der Waals surface area contributed by atoms with Crippen molar-refractivity contribution in [1.29, 1.82) is 0 Å². The molecule has 1 saturated heterocycles. The second-order valence-corrected chi connectivity index (χ2v) is 5.94. The van der Waals surface area contributed by atoms with Gasteiger partial charge < -0.3 is 10.6 Å². The fourth-order valence-electron chi connectivity index (χ4n) is 2.92. The molecule has 0 spiro atoms. The predicted octanol–water partition coefficient (Wildman–Crippen LogP) is 2.64. The molecule has 5 nitrogen and oxygen atoms in total. The van der Waals surface area contributed by atoms with Crippen molar-refractivity contribution < 1.29 is 18.0 Å². The molecular formula is C17H21Cl2F3N4O. The van der Waals surface area contributed by atoms with E-state index in [1.54, 1.807) is 18.2 Å². The molecule has 10 heteroatoms. The Hall–Kier alpha value is -1.61. The summed E-state index contributed by atoms with van der Waals surface area (Å²) in [6, 6.07) is 8.81. The Morgan fingerprint density at radius 2 is 1.81 bits per heavy atom. The van der Waals surface area contributed by atoms with Crippen LogP contribution in [0.2, 0.25) is 0 Å². The van der Waals surface area contributed by atoms with Gasteiger partial charge in [-0.25, -0.2) is 4.98 Å². The van der Waals surface area contributed by atoms with E-state index in [9.17, 15) is 18.0 Å². The third-order valence-electron chi connectivity index (χ3n) is 4.26. The van der Waals surface area contributed by atoms with Crippen LogP contribution in [0.3, 0.4) is 0 Å². The number of carbonyl (C=O) groups excluding carboxylic acids is 1. The summed E-state index contributed by atoms with van der Waals surface area (Å²) in [4.78, 5) is 17.8. The minimum atomic E-state index is -4.40. The molecule has 1 amide bonds. The number of fused-ring (bicyclic) bond motifs is 1. The van der Waals surface area contributed by atoms with E-state index < -0.39 is 24.7 Å². The lowest BCUT2D eigenvalue weighted by Gasteiger charge is -2.35. The molecule has 3 rings (SSSR count). The minimum Gasteiger partial charge on any atom is -0.349 e. The van der Waals surface area contributed by atoms with Crippen LogP contribution in [0.15, 0.2) is 36.4 Å². The number of carbonyl (C=O) groups is 1. The van der Waals surface area contributed by atoms with E-state index in [4.69, 9.17) is 0 Å². The number of amides is 1. The molecule has 2 heterocycles. The van der Waals surface area contributed by atoms with E-state index >= 15 is 0 Å². The standard InChI is InChI=1S/C17H19F3N4O.2ClH/c18-17(19,20)15(24-9-7-21-8-10-24)11-22-16(25)14-6-5-12-3-1-2-4-13(12)23-14;;/h1-6,15,21H,7-11H2,(H,22,25);2*1H. The van der Waals surface area contributed by atoms with E-state index in [-0.39, 0.29) is 30.5 Å². The summed E-state index contributed by atoms with van der Waals surface area (Å²) in [5, 5.41) is 6.28. The lowest BCUT2D eigenvalue weighted by atomic mass is 10.2. The summed E-state index contributed by atoms with van der Waals surface area (Å²) in [6.45, 7) is 1.12. The van der Waals surface area contributed by atoms with Gasteiger partial charge >= 0.3 is 6.18 Å². The second kappa shape index (κ2) is 10.1. The lowest BCUT2D eigenvalue weighted by Crippen LogP contribution is -2.57. The average molecular weight is 425 g/mol. The Labute approximate surface area is 167 Å². The molecule has 1 aliphatic rings. The van der Waals surface area contributed by atoms with Crippen molar-refractivity contribution in [3.05, 3.63) is 42.1 Å². The Bertz CT molecular complexity index is 754. The first-order chi connectivity index (χ1) is 11.9. The highest BCUT2D eigenvalue weighted by Gasteiger charge is 2.43. The molecule has 1 aromatic carbocycles. The predicted molar refractivity (Wildman–Crippen MR) is 103 cm³/mol. The number of benzene rings is 1. The quantitative estimate of drug-likeness (QED) is 0.791. The monoisotopic (exact) mass is 424 g/mol. The number of para-hydroxylation sites is 1. The molecule has 0 saturated carbocycles. The zero-order valence-electron chi connectivity index (χ0n) is 14.3. The van der Waals surface area contributed by atoms with Crippen molar-refractivity contribution in [3.63, 3.8) is 0 Å². The molecule has 1 atom stereocenters. The van der Waals surface area contributed by atoms with Crippen LogP contribution in [0.1, 0.15) is 10.5 Å². The fourth-order valence-corrected chi connectivity index (χ4v) is 2.92. The number of aromatic nitrogens is 1. The first kappa shape index (κ1) is 23.4. The maximum Gasteiger partial charge on any atom is 0.405 e. The highest BCUT2D eigenvalue weighted by molar-refractivity contribution is 5.94. The van der Waals surface area contributed by atoms with Crippen molar-refractivity contribution in [2.45, 2.75) is 12.2 Å². The Morgan fingerprint density at radius 3 is 2.48 bits per heavy atom. The molecule has 27 heavy (non-hydrogen) atoms. The maximum atomic E-state index is 13.3. The van der Waals surface area contributed by atoms with Gasteiger partial charge in [0.25, 0.3) is 5.91 Å². The normalized spacial score (nSPS) is 16.1. The highest BCUT2D eigenvalue weighted by Crippen LogP contribution is 2.25. The number of hydrogen-bond acceptors (Lipinski definition) is 4. The highest BCUT2D eigenvalue weighted by atomic mass is 35.5. The molecule has 1 unspecified atom stereocenters. The largest absolute Gasteiger partial charge is 0.405 e. The third kappa shape index (κ3) is 5.93. The zero-order valence-corrected chi connectivity index (χ0v) is 16.0.